The van der Waals surface area contributed by atoms with E-state index in [4.69, 9.17) is 4.74 Å². The molecular formula is C15H21FN2O2. The number of amides is 1. The highest BCUT2D eigenvalue weighted by molar-refractivity contribution is 5.78. The molecule has 5 heteroatoms. The minimum absolute atomic E-state index is 0.0309. The van der Waals surface area contributed by atoms with Crippen molar-refractivity contribution in [2.75, 3.05) is 6.61 Å². The Labute approximate surface area is 118 Å². The van der Waals surface area contributed by atoms with Gasteiger partial charge in [-0.15, -0.1) is 0 Å². The lowest BCUT2D eigenvalue weighted by atomic mass is 10.2. The Hall–Kier alpha value is -1.62. The van der Waals surface area contributed by atoms with Crippen molar-refractivity contribution in [1.82, 2.24) is 10.6 Å². The van der Waals surface area contributed by atoms with Gasteiger partial charge in [-0.25, -0.2) is 4.39 Å². The quantitative estimate of drug-likeness (QED) is 0.803. The smallest absolute Gasteiger partial charge is 0.258 e. The summed E-state index contributed by atoms with van der Waals surface area (Å²) in [5, 5.41) is 6.06. The van der Waals surface area contributed by atoms with Gasteiger partial charge in [-0.3, -0.25) is 4.79 Å². The fourth-order valence-corrected chi connectivity index (χ4v) is 1.78. The zero-order chi connectivity index (χ0) is 14.5. The van der Waals surface area contributed by atoms with E-state index < -0.39 is 0 Å². The highest BCUT2D eigenvalue weighted by Gasteiger charge is 2.23. The van der Waals surface area contributed by atoms with Crippen LogP contribution in [0, 0.1) is 5.82 Å². The molecule has 0 radical (unpaired) electrons. The topological polar surface area (TPSA) is 50.4 Å². The number of carbonyl (C=O) groups is 1. The molecule has 1 aliphatic carbocycles. The van der Waals surface area contributed by atoms with Crippen molar-refractivity contribution in [3.63, 3.8) is 0 Å². The molecule has 1 fully saturated rings. The molecule has 4 nitrogen and oxygen atoms in total. The highest BCUT2D eigenvalue weighted by atomic mass is 19.1. The summed E-state index contributed by atoms with van der Waals surface area (Å²) in [7, 11) is 0. The molecule has 2 N–H and O–H groups in total. The predicted molar refractivity (Wildman–Crippen MR) is 75.0 cm³/mol. The summed E-state index contributed by atoms with van der Waals surface area (Å²) < 4.78 is 18.8. The van der Waals surface area contributed by atoms with Gasteiger partial charge in [0.25, 0.3) is 5.91 Å². The summed E-state index contributed by atoms with van der Waals surface area (Å²) in [6.45, 7) is 4.51. The van der Waals surface area contributed by atoms with Gasteiger partial charge in [-0.2, -0.15) is 0 Å². The summed E-state index contributed by atoms with van der Waals surface area (Å²) in [6, 6.07) is 4.96. The minimum Gasteiger partial charge on any atom is -0.483 e. The maximum atomic E-state index is 13.3. The van der Waals surface area contributed by atoms with Crippen LogP contribution in [0.3, 0.4) is 0 Å². The molecule has 0 atom stereocenters. The number of halogens is 1. The summed E-state index contributed by atoms with van der Waals surface area (Å²) >= 11 is 0. The van der Waals surface area contributed by atoms with Gasteiger partial charge in [0, 0.05) is 24.2 Å². The monoisotopic (exact) mass is 280 g/mol. The van der Waals surface area contributed by atoms with Gasteiger partial charge >= 0.3 is 0 Å². The second-order valence-corrected chi connectivity index (χ2v) is 5.42. The van der Waals surface area contributed by atoms with E-state index in [9.17, 15) is 9.18 Å². The van der Waals surface area contributed by atoms with Gasteiger partial charge in [0.05, 0.1) is 0 Å². The fraction of sp³-hybridized carbons (Fsp3) is 0.533. The molecule has 1 saturated carbocycles. The van der Waals surface area contributed by atoms with Gasteiger partial charge in [0.1, 0.15) is 11.6 Å². The first-order valence-electron chi connectivity index (χ1n) is 6.98. The Kier molecular flexibility index (Phi) is 4.95. The summed E-state index contributed by atoms with van der Waals surface area (Å²) in [5.74, 6) is 0.116. The number of nitrogens with one attached hydrogen (secondary N) is 2. The predicted octanol–water partition coefficient (Wildman–Crippen LogP) is 1.98. The number of hydrogen-bond donors (Lipinski definition) is 2. The zero-order valence-electron chi connectivity index (χ0n) is 11.9. The van der Waals surface area contributed by atoms with Crippen LogP contribution in [0.4, 0.5) is 4.39 Å². The SMILES string of the molecule is CC(C)NCc1cc(F)ccc1OCC(=O)NC1CC1. The Bertz CT molecular complexity index is 473. The highest BCUT2D eigenvalue weighted by Crippen LogP contribution is 2.21. The molecule has 2 rings (SSSR count). The van der Waals surface area contributed by atoms with E-state index >= 15 is 0 Å². The van der Waals surface area contributed by atoms with E-state index in [-0.39, 0.29) is 18.3 Å². The van der Waals surface area contributed by atoms with E-state index in [2.05, 4.69) is 10.6 Å². The molecule has 1 aromatic rings. The number of ether oxygens (including phenoxy) is 1. The Morgan fingerprint density at radius 3 is 2.85 bits per heavy atom. The minimum atomic E-state index is -0.305. The van der Waals surface area contributed by atoms with Gasteiger partial charge in [-0.1, -0.05) is 13.8 Å². The Morgan fingerprint density at radius 2 is 2.20 bits per heavy atom. The van der Waals surface area contributed by atoms with Crippen LogP contribution < -0.4 is 15.4 Å². The van der Waals surface area contributed by atoms with E-state index in [0.29, 0.717) is 24.4 Å². The van der Waals surface area contributed by atoms with Crippen molar-refractivity contribution >= 4 is 5.91 Å². The summed E-state index contributed by atoms with van der Waals surface area (Å²) in [5.41, 5.74) is 0.720. The van der Waals surface area contributed by atoms with Crippen LogP contribution >= 0.6 is 0 Å². The van der Waals surface area contributed by atoms with Crippen molar-refractivity contribution in [3.05, 3.63) is 29.6 Å². The van der Waals surface area contributed by atoms with Gasteiger partial charge in [0.15, 0.2) is 6.61 Å². The number of benzene rings is 1. The molecule has 0 spiro atoms. The molecule has 0 bridgehead atoms. The normalized spacial score (nSPS) is 14.4. The molecule has 1 aliphatic rings. The third-order valence-electron chi connectivity index (χ3n) is 3.02. The number of carbonyl (C=O) groups excluding carboxylic acids is 1. The van der Waals surface area contributed by atoms with Crippen LogP contribution in [0.5, 0.6) is 5.75 Å². The van der Waals surface area contributed by atoms with Gasteiger partial charge in [-0.05, 0) is 31.0 Å². The van der Waals surface area contributed by atoms with Crippen LogP contribution in [-0.4, -0.2) is 24.6 Å². The lowest BCUT2D eigenvalue weighted by Gasteiger charge is -2.14. The molecule has 1 amide bonds. The molecule has 0 aliphatic heterocycles. The van der Waals surface area contributed by atoms with Crippen LogP contribution in [0.25, 0.3) is 0 Å². The molecule has 0 heterocycles. The van der Waals surface area contributed by atoms with Crippen molar-refractivity contribution in [3.8, 4) is 5.75 Å². The first-order chi connectivity index (χ1) is 9.54. The average molecular weight is 280 g/mol. The Balaban J connectivity index is 1.92. The standard InChI is InChI=1S/C15H21FN2O2/c1-10(2)17-8-11-7-12(16)3-6-14(11)20-9-15(19)18-13-4-5-13/h3,6-7,10,13,17H,4-5,8-9H2,1-2H3,(H,18,19). The van der Waals surface area contributed by atoms with Crippen LogP contribution in [0.1, 0.15) is 32.3 Å². The molecular weight excluding hydrogens is 259 g/mol. The zero-order valence-corrected chi connectivity index (χ0v) is 11.9. The van der Waals surface area contributed by atoms with Crippen molar-refractivity contribution in [2.45, 2.75) is 45.3 Å². The molecule has 110 valence electrons. The van der Waals surface area contributed by atoms with E-state index in [0.717, 1.165) is 18.4 Å². The lowest BCUT2D eigenvalue weighted by Crippen LogP contribution is -2.30. The fourth-order valence-electron chi connectivity index (χ4n) is 1.78. The lowest BCUT2D eigenvalue weighted by molar-refractivity contribution is -0.123. The molecule has 0 saturated heterocycles. The number of rotatable bonds is 7. The second-order valence-electron chi connectivity index (χ2n) is 5.42. The maximum absolute atomic E-state index is 13.3. The van der Waals surface area contributed by atoms with Crippen molar-refractivity contribution in [1.29, 1.82) is 0 Å². The third kappa shape index (κ3) is 4.81. The first kappa shape index (κ1) is 14.8. The summed E-state index contributed by atoms with van der Waals surface area (Å²) in [6.07, 6.45) is 2.09. The molecule has 1 aromatic carbocycles. The van der Waals surface area contributed by atoms with E-state index in [1.807, 2.05) is 13.8 Å². The van der Waals surface area contributed by atoms with Crippen LogP contribution in [0.2, 0.25) is 0 Å². The Morgan fingerprint density at radius 1 is 1.45 bits per heavy atom. The van der Waals surface area contributed by atoms with Crippen LogP contribution in [0.15, 0.2) is 18.2 Å². The van der Waals surface area contributed by atoms with Gasteiger partial charge in [0.2, 0.25) is 0 Å². The molecule has 20 heavy (non-hydrogen) atoms. The van der Waals surface area contributed by atoms with Crippen molar-refractivity contribution in [2.24, 2.45) is 0 Å². The van der Waals surface area contributed by atoms with Crippen LogP contribution in [-0.2, 0) is 11.3 Å². The second kappa shape index (κ2) is 6.70. The number of hydrogen-bond acceptors (Lipinski definition) is 3. The average Bonchev–Trinajstić information content (AvgIpc) is 3.19. The molecule has 0 unspecified atom stereocenters. The largest absolute Gasteiger partial charge is 0.483 e. The van der Waals surface area contributed by atoms with E-state index in [1.165, 1.54) is 12.1 Å². The van der Waals surface area contributed by atoms with Gasteiger partial charge < -0.3 is 15.4 Å². The van der Waals surface area contributed by atoms with Crippen molar-refractivity contribution < 1.29 is 13.9 Å². The maximum Gasteiger partial charge on any atom is 0.258 e. The third-order valence-corrected chi connectivity index (χ3v) is 3.02. The molecule has 0 aromatic heterocycles. The summed E-state index contributed by atoms with van der Waals surface area (Å²) in [4.78, 5) is 11.6. The first-order valence-corrected chi connectivity index (χ1v) is 6.98. The van der Waals surface area contributed by atoms with E-state index in [1.54, 1.807) is 6.07 Å².